The molecule has 0 bridgehead atoms. The minimum Gasteiger partial charge on any atom is -0.280 e. The second-order valence-electron chi connectivity index (χ2n) is 6.09. The Balaban J connectivity index is 1.74. The van der Waals surface area contributed by atoms with Crippen LogP contribution < -0.4 is 10.3 Å². The number of anilines is 1. The fourth-order valence-electron chi connectivity index (χ4n) is 2.93. The SMILES string of the molecule is N#Cc1cccc(S(=O)(=O)Nc2ccc3c(c2)c(=O)[nH]n3-c2ccccc2)c1. The minimum atomic E-state index is -3.89. The molecule has 1 heterocycles. The number of rotatable bonds is 4. The van der Waals surface area contributed by atoms with Gasteiger partial charge in [0.25, 0.3) is 15.6 Å². The Morgan fingerprint density at radius 1 is 0.964 bits per heavy atom. The van der Waals surface area contributed by atoms with Crippen molar-refractivity contribution < 1.29 is 8.42 Å². The minimum absolute atomic E-state index is 0.0255. The highest BCUT2D eigenvalue weighted by Crippen LogP contribution is 2.22. The van der Waals surface area contributed by atoms with Crippen molar-refractivity contribution in [2.75, 3.05) is 4.72 Å². The highest BCUT2D eigenvalue weighted by Gasteiger charge is 2.16. The molecule has 4 aromatic rings. The number of aromatic amines is 1. The molecular formula is C20H14N4O3S. The van der Waals surface area contributed by atoms with Crippen molar-refractivity contribution >= 4 is 26.6 Å². The van der Waals surface area contributed by atoms with Crippen molar-refractivity contribution in [2.24, 2.45) is 0 Å². The number of nitrogens with zero attached hydrogens (tertiary/aromatic N) is 2. The zero-order valence-corrected chi connectivity index (χ0v) is 15.3. The maximum atomic E-state index is 12.6. The van der Waals surface area contributed by atoms with E-state index in [-0.39, 0.29) is 21.7 Å². The van der Waals surface area contributed by atoms with Gasteiger partial charge in [-0.2, -0.15) is 5.26 Å². The van der Waals surface area contributed by atoms with Crippen LogP contribution in [0.15, 0.2) is 82.5 Å². The number of nitrogens with one attached hydrogen (secondary N) is 2. The number of aromatic nitrogens is 2. The molecule has 8 heteroatoms. The van der Waals surface area contributed by atoms with E-state index in [2.05, 4.69) is 9.82 Å². The summed E-state index contributed by atoms with van der Waals surface area (Å²) in [6, 6.07) is 21.7. The van der Waals surface area contributed by atoms with Crippen molar-refractivity contribution in [2.45, 2.75) is 4.90 Å². The average molecular weight is 390 g/mol. The third kappa shape index (κ3) is 3.15. The van der Waals surface area contributed by atoms with E-state index in [0.29, 0.717) is 10.9 Å². The number of fused-ring (bicyclic) bond motifs is 1. The van der Waals surface area contributed by atoms with Gasteiger partial charge in [-0.05, 0) is 48.5 Å². The van der Waals surface area contributed by atoms with Gasteiger partial charge in [-0.3, -0.25) is 19.3 Å². The van der Waals surface area contributed by atoms with Gasteiger partial charge in [-0.15, -0.1) is 0 Å². The first-order valence-corrected chi connectivity index (χ1v) is 9.79. The normalized spacial score (nSPS) is 11.2. The number of hydrogen-bond donors (Lipinski definition) is 2. The lowest BCUT2D eigenvalue weighted by Crippen LogP contribution is -2.13. The Labute approximate surface area is 160 Å². The Hall–Kier alpha value is -3.83. The first-order chi connectivity index (χ1) is 13.5. The number of para-hydroxylation sites is 1. The van der Waals surface area contributed by atoms with Gasteiger partial charge in [0.05, 0.1) is 33.1 Å². The van der Waals surface area contributed by atoms with Gasteiger partial charge in [0.1, 0.15) is 0 Å². The molecule has 0 saturated carbocycles. The largest absolute Gasteiger partial charge is 0.280 e. The van der Waals surface area contributed by atoms with Crippen molar-refractivity contribution in [3.63, 3.8) is 0 Å². The molecule has 0 aliphatic carbocycles. The fourth-order valence-corrected chi connectivity index (χ4v) is 4.02. The summed E-state index contributed by atoms with van der Waals surface area (Å²) in [7, 11) is -3.89. The Morgan fingerprint density at radius 2 is 1.75 bits per heavy atom. The molecule has 0 aliphatic heterocycles. The first kappa shape index (κ1) is 17.6. The molecule has 138 valence electrons. The van der Waals surface area contributed by atoms with Crippen LogP contribution in [-0.4, -0.2) is 18.2 Å². The molecule has 0 atom stereocenters. The Kier molecular flexibility index (Phi) is 4.22. The van der Waals surface area contributed by atoms with Crippen molar-refractivity contribution in [1.29, 1.82) is 5.26 Å². The van der Waals surface area contributed by atoms with Crippen LogP contribution in [0.3, 0.4) is 0 Å². The van der Waals surface area contributed by atoms with E-state index in [1.54, 1.807) is 16.8 Å². The van der Waals surface area contributed by atoms with Crippen LogP contribution in [-0.2, 0) is 10.0 Å². The molecule has 0 radical (unpaired) electrons. The molecule has 0 amide bonds. The van der Waals surface area contributed by atoms with E-state index in [1.165, 1.54) is 30.3 Å². The molecule has 0 aliphatic rings. The second-order valence-corrected chi connectivity index (χ2v) is 7.77. The van der Waals surface area contributed by atoms with E-state index in [1.807, 2.05) is 36.4 Å². The van der Waals surface area contributed by atoms with Gasteiger partial charge in [-0.1, -0.05) is 24.3 Å². The highest BCUT2D eigenvalue weighted by molar-refractivity contribution is 7.92. The van der Waals surface area contributed by atoms with E-state index >= 15 is 0 Å². The third-order valence-electron chi connectivity index (χ3n) is 4.24. The lowest BCUT2D eigenvalue weighted by atomic mass is 10.2. The monoisotopic (exact) mass is 390 g/mol. The standard InChI is InChI=1S/C20H14N4O3S/c21-13-14-5-4-8-17(11-14)28(26,27)23-15-9-10-19-18(12-15)20(25)22-24(19)16-6-2-1-3-7-16/h1-12,23H,(H,22,25). The summed E-state index contributed by atoms with van der Waals surface area (Å²) in [5.41, 5.74) is 1.59. The van der Waals surface area contributed by atoms with Crippen LogP contribution in [0.5, 0.6) is 0 Å². The van der Waals surface area contributed by atoms with Crippen molar-refractivity contribution in [1.82, 2.24) is 9.78 Å². The van der Waals surface area contributed by atoms with Crippen LogP contribution in [0.2, 0.25) is 0 Å². The lowest BCUT2D eigenvalue weighted by Gasteiger charge is -2.09. The zero-order chi connectivity index (χ0) is 19.7. The van der Waals surface area contributed by atoms with Crippen LogP contribution in [0, 0.1) is 11.3 Å². The Bertz CT molecular complexity index is 1380. The topological polar surface area (TPSA) is 108 Å². The molecule has 7 nitrogen and oxygen atoms in total. The van der Waals surface area contributed by atoms with Crippen LogP contribution in [0.25, 0.3) is 16.6 Å². The predicted octanol–water partition coefficient (Wildman–Crippen LogP) is 2.99. The van der Waals surface area contributed by atoms with Crippen LogP contribution >= 0.6 is 0 Å². The van der Waals surface area contributed by atoms with E-state index in [4.69, 9.17) is 5.26 Å². The number of H-pyrrole nitrogens is 1. The summed E-state index contributed by atoms with van der Waals surface area (Å²) < 4.78 is 29.3. The molecule has 28 heavy (non-hydrogen) atoms. The third-order valence-corrected chi connectivity index (χ3v) is 5.61. The maximum Gasteiger partial charge on any atom is 0.272 e. The van der Waals surface area contributed by atoms with Gasteiger partial charge < -0.3 is 0 Å². The summed E-state index contributed by atoms with van der Waals surface area (Å²) >= 11 is 0. The number of nitriles is 1. The smallest absolute Gasteiger partial charge is 0.272 e. The van der Waals surface area contributed by atoms with Gasteiger partial charge in [0.2, 0.25) is 0 Å². The van der Waals surface area contributed by atoms with Gasteiger partial charge in [-0.25, -0.2) is 8.42 Å². The molecule has 0 fully saturated rings. The predicted molar refractivity (Wildman–Crippen MR) is 106 cm³/mol. The van der Waals surface area contributed by atoms with Gasteiger partial charge in [0, 0.05) is 5.69 Å². The number of benzene rings is 3. The maximum absolute atomic E-state index is 12.6. The summed E-state index contributed by atoms with van der Waals surface area (Å²) in [5.74, 6) is 0. The molecule has 1 aromatic heterocycles. The first-order valence-electron chi connectivity index (χ1n) is 8.31. The number of hydrogen-bond acceptors (Lipinski definition) is 4. The summed E-state index contributed by atoms with van der Waals surface area (Å²) in [4.78, 5) is 12.3. The zero-order valence-electron chi connectivity index (χ0n) is 14.5. The lowest BCUT2D eigenvalue weighted by molar-refractivity contribution is 0.601. The van der Waals surface area contributed by atoms with E-state index < -0.39 is 10.0 Å². The molecule has 2 N–H and O–H groups in total. The fraction of sp³-hybridized carbons (Fsp3) is 0. The van der Waals surface area contributed by atoms with Crippen molar-refractivity contribution in [3.8, 4) is 11.8 Å². The average Bonchev–Trinajstić information content (AvgIpc) is 3.04. The quantitative estimate of drug-likeness (QED) is 0.558. The molecule has 0 spiro atoms. The summed E-state index contributed by atoms with van der Waals surface area (Å²) in [6.07, 6.45) is 0. The van der Waals surface area contributed by atoms with Crippen LogP contribution in [0.4, 0.5) is 5.69 Å². The van der Waals surface area contributed by atoms with Crippen molar-refractivity contribution in [3.05, 3.63) is 88.7 Å². The second kappa shape index (κ2) is 6.72. The molecule has 0 saturated heterocycles. The molecule has 0 unspecified atom stereocenters. The number of sulfonamides is 1. The molecular weight excluding hydrogens is 376 g/mol. The molecule has 4 rings (SSSR count). The van der Waals surface area contributed by atoms with E-state index in [0.717, 1.165) is 5.69 Å². The van der Waals surface area contributed by atoms with Gasteiger partial charge in [0.15, 0.2) is 0 Å². The van der Waals surface area contributed by atoms with Crippen LogP contribution in [0.1, 0.15) is 5.56 Å². The molecule has 3 aromatic carbocycles. The summed E-state index contributed by atoms with van der Waals surface area (Å²) in [5, 5.41) is 12.1. The Morgan fingerprint density at radius 3 is 2.50 bits per heavy atom. The highest BCUT2D eigenvalue weighted by atomic mass is 32.2. The van der Waals surface area contributed by atoms with E-state index in [9.17, 15) is 13.2 Å². The summed E-state index contributed by atoms with van der Waals surface area (Å²) in [6.45, 7) is 0. The van der Waals surface area contributed by atoms with Gasteiger partial charge >= 0.3 is 0 Å².